The van der Waals surface area contributed by atoms with E-state index in [4.69, 9.17) is 10.8 Å². The molecule has 9 N–H and O–H groups in total. The zero-order chi connectivity index (χ0) is 25.4. The maximum Gasteiger partial charge on any atom is 0.328 e. The molecule has 186 valence electrons. The molecule has 0 radical (unpaired) electrons. The number of carbonyl (C=O) groups is 4. The highest BCUT2D eigenvalue weighted by atomic mass is 16.4. The van der Waals surface area contributed by atoms with Gasteiger partial charge in [0.1, 0.15) is 18.1 Å². The van der Waals surface area contributed by atoms with E-state index in [0.29, 0.717) is 5.56 Å². The number of fused-ring (bicyclic) bond motifs is 1. The van der Waals surface area contributed by atoms with Gasteiger partial charge in [-0.2, -0.15) is 0 Å². The number of hydrogen-bond acceptors (Lipinski definition) is 7. The van der Waals surface area contributed by atoms with E-state index in [1.807, 2.05) is 18.2 Å². The van der Waals surface area contributed by atoms with E-state index < -0.39 is 61.1 Å². The highest BCUT2D eigenvalue weighted by Gasteiger charge is 2.31. The third kappa shape index (κ3) is 6.76. The maximum absolute atomic E-state index is 12.9. The molecular weight excluding hydrogens is 446 g/mol. The van der Waals surface area contributed by atoms with Crippen LogP contribution in [0, 0.1) is 5.92 Å². The first kappa shape index (κ1) is 26.8. The van der Waals surface area contributed by atoms with E-state index in [1.54, 1.807) is 26.1 Å². The minimum atomic E-state index is -1.58. The average molecular weight is 478 g/mol. The minimum absolute atomic E-state index is 0.0308. The van der Waals surface area contributed by atoms with Gasteiger partial charge in [-0.25, -0.2) is 4.79 Å². The number of nitrogens with two attached hydrogens (primary N) is 1. The van der Waals surface area contributed by atoms with Crippen molar-refractivity contribution in [2.75, 3.05) is 13.2 Å². The normalized spacial score (nSPS) is 14.8. The van der Waals surface area contributed by atoms with Gasteiger partial charge in [0, 0.05) is 23.5 Å². The van der Waals surface area contributed by atoms with Gasteiger partial charge in [0.05, 0.1) is 19.3 Å². The number of para-hydroxylation sites is 1. The van der Waals surface area contributed by atoms with Crippen LogP contribution in [0.3, 0.4) is 0 Å². The lowest BCUT2D eigenvalue weighted by molar-refractivity contribution is -0.143. The summed E-state index contributed by atoms with van der Waals surface area (Å²) in [7, 11) is 0. The lowest BCUT2D eigenvalue weighted by Crippen LogP contribution is -2.59. The number of aliphatic carboxylic acids is 1. The summed E-state index contributed by atoms with van der Waals surface area (Å²) in [4.78, 5) is 52.2. The van der Waals surface area contributed by atoms with Gasteiger partial charge in [0.25, 0.3) is 0 Å². The van der Waals surface area contributed by atoms with Gasteiger partial charge in [0.15, 0.2) is 0 Å². The molecule has 0 saturated heterocycles. The molecule has 3 amide bonds. The summed E-state index contributed by atoms with van der Waals surface area (Å²) < 4.78 is 0. The highest BCUT2D eigenvalue weighted by Crippen LogP contribution is 2.19. The molecule has 12 nitrogen and oxygen atoms in total. The van der Waals surface area contributed by atoms with Crippen LogP contribution in [0.4, 0.5) is 0 Å². The first-order valence-corrected chi connectivity index (χ1v) is 10.7. The first-order chi connectivity index (χ1) is 16.1. The van der Waals surface area contributed by atoms with Crippen molar-refractivity contribution in [1.29, 1.82) is 0 Å². The molecule has 2 rings (SSSR count). The van der Waals surface area contributed by atoms with Crippen molar-refractivity contribution in [1.82, 2.24) is 20.9 Å². The van der Waals surface area contributed by atoms with Crippen molar-refractivity contribution >= 4 is 34.6 Å². The second-order valence-electron chi connectivity index (χ2n) is 8.22. The number of benzene rings is 1. The maximum atomic E-state index is 12.9. The van der Waals surface area contributed by atoms with Crippen molar-refractivity contribution in [2.45, 2.75) is 44.4 Å². The number of carboxylic acid groups (broad SMARTS) is 1. The number of H-pyrrole nitrogens is 1. The summed E-state index contributed by atoms with van der Waals surface area (Å²) in [6.07, 6.45) is 1.63. The number of nitrogens with one attached hydrogen (secondary N) is 4. The first-order valence-electron chi connectivity index (χ1n) is 10.7. The number of aromatic nitrogens is 1. The Bertz CT molecular complexity index is 1020. The Morgan fingerprint density at radius 1 is 0.912 bits per heavy atom. The van der Waals surface area contributed by atoms with Gasteiger partial charge < -0.3 is 42.0 Å². The molecule has 2 aromatic rings. The fourth-order valence-electron chi connectivity index (χ4n) is 3.22. The number of carbonyl (C=O) groups excluding carboxylic acids is 3. The quantitative estimate of drug-likeness (QED) is 0.175. The van der Waals surface area contributed by atoms with E-state index in [2.05, 4.69) is 20.9 Å². The molecule has 0 fully saturated rings. The summed E-state index contributed by atoms with van der Waals surface area (Å²) in [5.74, 6) is -4.02. The molecule has 0 aliphatic carbocycles. The van der Waals surface area contributed by atoms with Gasteiger partial charge in [-0.3, -0.25) is 14.4 Å². The fraction of sp³-hybridized carbons (Fsp3) is 0.455. The molecule has 0 bridgehead atoms. The number of aliphatic hydroxyl groups is 2. The van der Waals surface area contributed by atoms with E-state index >= 15 is 0 Å². The third-order valence-corrected chi connectivity index (χ3v) is 5.37. The second kappa shape index (κ2) is 12.1. The van der Waals surface area contributed by atoms with Crippen molar-refractivity contribution in [3.63, 3.8) is 0 Å². The largest absolute Gasteiger partial charge is 0.480 e. The topological polar surface area (TPSA) is 207 Å². The van der Waals surface area contributed by atoms with E-state index in [-0.39, 0.29) is 12.3 Å². The van der Waals surface area contributed by atoms with Gasteiger partial charge in [0.2, 0.25) is 17.7 Å². The van der Waals surface area contributed by atoms with Gasteiger partial charge in [-0.1, -0.05) is 32.0 Å². The predicted molar refractivity (Wildman–Crippen MR) is 122 cm³/mol. The molecule has 4 atom stereocenters. The predicted octanol–water partition coefficient (Wildman–Crippen LogP) is -1.78. The molecule has 0 saturated carbocycles. The Morgan fingerprint density at radius 3 is 2.06 bits per heavy atom. The molecule has 0 spiro atoms. The van der Waals surface area contributed by atoms with Crippen LogP contribution in [0.25, 0.3) is 10.9 Å². The minimum Gasteiger partial charge on any atom is -0.480 e. The van der Waals surface area contributed by atoms with Crippen LogP contribution in [0.1, 0.15) is 19.4 Å². The summed E-state index contributed by atoms with van der Waals surface area (Å²) in [6, 6.07) is 2.12. The average Bonchev–Trinajstić information content (AvgIpc) is 3.21. The lowest BCUT2D eigenvalue weighted by atomic mass is 10.0. The van der Waals surface area contributed by atoms with Crippen molar-refractivity contribution in [3.05, 3.63) is 36.0 Å². The molecular formula is C22H31N5O7. The number of carboxylic acids is 1. The highest BCUT2D eigenvalue weighted by molar-refractivity contribution is 5.95. The Labute approximate surface area is 195 Å². The van der Waals surface area contributed by atoms with Crippen LogP contribution in [-0.2, 0) is 25.6 Å². The summed E-state index contributed by atoms with van der Waals surface area (Å²) in [5.41, 5.74) is 7.24. The van der Waals surface area contributed by atoms with Crippen LogP contribution < -0.4 is 21.7 Å². The monoisotopic (exact) mass is 477 g/mol. The standard InChI is InChI=1S/C22H31N5O7/c1-11(2)18(23)21(32)26-16(9-28)20(31)25-15(19(30)27-17(10-29)22(33)34)7-12-8-24-14-6-4-3-5-13(12)14/h3-6,8,11,15-18,24,28-29H,7,9-10,23H2,1-2H3,(H,25,31)(H,26,32)(H,27,30)(H,33,34). The molecule has 1 aromatic heterocycles. The smallest absolute Gasteiger partial charge is 0.328 e. The van der Waals surface area contributed by atoms with Gasteiger partial charge in [-0.05, 0) is 17.5 Å². The summed E-state index contributed by atoms with van der Waals surface area (Å²) >= 11 is 0. The van der Waals surface area contributed by atoms with Crippen LogP contribution in [-0.4, -0.2) is 81.4 Å². The Balaban J connectivity index is 2.25. The lowest BCUT2D eigenvalue weighted by Gasteiger charge is -2.24. The van der Waals surface area contributed by atoms with Crippen LogP contribution in [0.15, 0.2) is 30.5 Å². The number of hydrogen-bond donors (Lipinski definition) is 8. The van der Waals surface area contributed by atoms with Crippen LogP contribution in [0.5, 0.6) is 0 Å². The Kier molecular flexibility index (Phi) is 9.54. The van der Waals surface area contributed by atoms with E-state index in [9.17, 15) is 29.4 Å². The number of aromatic amines is 1. The summed E-state index contributed by atoms with van der Waals surface area (Å²) in [6.45, 7) is 1.84. The van der Waals surface area contributed by atoms with Crippen molar-refractivity contribution in [2.24, 2.45) is 11.7 Å². The third-order valence-electron chi connectivity index (χ3n) is 5.37. The summed E-state index contributed by atoms with van der Waals surface area (Å²) in [5, 5.41) is 35.8. The van der Waals surface area contributed by atoms with E-state index in [0.717, 1.165) is 10.9 Å². The second-order valence-corrected chi connectivity index (χ2v) is 8.22. The Hall–Kier alpha value is -3.48. The van der Waals surface area contributed by atoms with Crippen molar-refractivity contribution < 1.29 is 34.5 Å². The molecule has 0 aliphatic rings. The number of amides is 3. The molecule has 1 aromatic carbocycles. The number of rotatable bonds is 12. The van der Waals surface area contributed by atoms with Crippen LogP contribution in [0.2, 0.25) is 0 Å². The molecule has 4 unspecified atom stereocenters. The van der Waals surface area contributed by atoms with Crippen molar-refractivity contribution in [3.8, 4) is 0 Å². The zero-order valence-corrected chi connectivity index (χ0v) is 18.9. The number of aliphatic hydroxyl groups excluding tert-OH is 2. The Morgan fingerprint density at radius 2 is 1.47 bits per heavy atom. The van der Waals surface area contributed by atoms with Crippen LogP contribution >= 0.6 is 0 Å². The molecule has 1 heterocycles. The fourth-order valence-corrected chi connectivity index (χ4v) is 3.22. The zero-order valence-electron chi connectivity index (χ0n) is 18.9. The van der Waals surface area contributed by atoms with E-state index in [1.165, 1.54) is 0 Å². The van der Waals surface area contributed by atoms with Gasteiger partial charge >= 0.3 is 5.97 Å². The van der Waals surface area contributed by atoms with Gasteiger partial charge in [-0.15, -0.1) is 0 Å². The molecule has 34 heavy (non-hydrogen) atoms. The SMILES string of the molecule is CC(C)C(N)C(=O)NC(CO)C(=O)NC(Cc1c[nH]c2ccccc12)C(=O)NC(CO)C(=O)O. The molecule has 12 heteroatoms. The molecule has 0 aliphatic heterocycles.